The number of amides is 1. The zero-order valence-electron chi connectivity index (χ0n) is 20.8. The van der Waals surface area contributed by atoms with Gasteiger partial charge in [0.25, 0.3) is 0 Å². The molecule has 2 aliphatic rings. The highest BCUT2D eigenvalue weighted by Crippen LogP contribution is 2.42. The van der Waals surface area contributed by atoms with Crippen molar-refractivity contribution in [3.05, 3.63) is 54.0 Å². The monoisotopic (exact) mass is 548 g/mol. The third-order valence-corrected chi connectivity index (χ3v) is 6.72. The maximum atomic E-state index is 13.5. The number of alkyl halides is 3. The predicted octanol–water partition coefficient (Wildman–Crippen LogP) is 1.86. The lowest BCUT2D eigenvalue weighted by Gasteiger charge is -2.40. The normalized spacial score (nSPS) is 17.4. The van der Waals surface area contributed by atoms with Gasteiger partial charge in [0.15, 0.2) is 0 Å². The molecule has 3 heterocycles. The minimum atomic E-state index is -4.53. The molecule has 2 saturated heterocycles. The van der Waals surface area contributed by atoms with Crippen molar-refractivity contribution in [2.24, 2.45) is 0 Å². The number of carboxylic acids is 2. The molecule has 4 rings (SSSR count). The number of hydrogen-bond acceptors (Lipinski definition) is 8. The van der Waals surface area contributed by atoms with Crippen molar-refractivity contribution in [3.63, 3.8) is 0 Å². The van der Waals surface area contributed by atoms with Crippen molar-refractivity contribution in [3.8, 4) is 6.07 Å². The molecule has 2 aliphatic heterocycles. The van der Waals surface area contributed by atoms with Gasteiger partial charge in [-0.15, -0.1) is 0 Å². The maximum absolute atomic E-state index is 13.5. The Kier molecular flexibility index (Phi) is 9.42. The van der Waals surface area contributed by atoms with E-state index in [4.69, 9.17) is 19.8 Å². The standard InChI is InChI=1S/C23H25F3N6O.C2H2O4/c24-23(25,26)19-4-2-1-3-18(19)22(17-27)5-9-32(10-6-22)21(33)16-30-11-13-31(14-12-30)20-15-28-7-8-29-20;3-1(4)2(5)6/h1-4,7-8,15H,5-6,9-14,16H2;(H,3,4)(H,5,6). The van der Waals surface area contributed by atoms with Crippen LogP contribution >= 0.6 is 0 Å². The lowest BCUT2D eigenvalue weighted by molar-refractivity contribution is -0.159. The van der Waals surface area contributed by atoms with E-state index in [1.807, 2.05) is 0 Å². The van der Waals surface area contributed by atoms with Crippen LogP contribution in [0.25, 0.3) is 0 Å². The zero-order valence-corrected chi connectivity index (χ0v) is 20.8. The van der Waals surface area contributed by atoms with Crippen LogP contribution in [0.5, 0.6) is 0 Å². The van der Waals surface area contributed by atoms with E-state index in [0.29, 0.717) is 13.1 Å². The number of likely N-dealkylation sites (tertiary alicyclic amines) is 1. The number of aromatic nitrogens is 2. The number of benzene rings is 1. The number of carbonyl (C=O) groups excluding carboxylic acids is 1. The Balaban J connectivity index is 0.000000631. The molecule has 0 radical (unpaired) electrons. The molecule has 0 spiro atoms. The van der Waals surface area contributed by atoms with Crippen LogP contribution in [-0.2, 0) is 26.0 Å². The Morgan fingerprint density at radius 1 is 0.974 bits per heavy atom. The number of piperidine rings is 1. The molecular weight excluding hydrogens is 521 g/mol. The lowest BCUT2D eigenvalue weighted by atomic mass is 9.72. The average molecular weight is 549 g/mol. The first-order valence-electron chi connectivity index (χ1n) is 12.0. The summed E-state index contributed by atoms with van der Waals surface area (Å²) in [6, 6.07) is 7.42. The van der Waals surface area contributed by atoms with E-state index in [1.54, 1.807) is 23.5 Å². The fourth-order valence-corrected chi connectivity index (χ4v) is 4.61. The van der Waals surface area contributed by atoms with Crippen molar-refractivity contribution in [1.82, 2.24) is 19.8 Å². The number of aliphatic carboxylic acids is 2. The van der Waals surface area contributed by atoms with Crippen LogP contribution in [0.3, 0.4) is 0 Å². The number of carbonyl (C=O) groups is 3. The van der Waals surface area contributed by atoms with Gasteiger partial charge in [-0.05, 0) is 24.5 Å². The summed E-state index contributed by atoms with van der Waals surface area (Å²) in [6.45, 7) is 3.66. The second-order valence-corrected chi connectivity index (χ2v) is 9.06. The number of rotatable bonds is 4. The van der Waals surface area contributed by atoms with Crippen LogP contribution in [0.15, 0.2) is 42.9 Å². The van der Waals surface area contributed by atoms with Crippen LogP contribution < -0.4 is 4.90 Å². The maximum Gasteiger partial charge on any atom is 0.416 e. The number of anilines is 1. The smallest absolute Gasteiger partial charge is 0.416 e. The Bertz CT molecular complexity index is 1190. The fraction of sp³-hybridized carbons (Fsp3) is 0.440. The van der Waals surface area contributed by atoms with Crippen LogP contribution in [-0.4, -0.2) is 93.6 Å². The molecule has 0 bridgehead atoms. The van der Waals surface area contributed by atoms with Gasteiger partial charge in [-0.1, -0.05) is 18.2 Å². The molecule has 0 aliphatic carbocycles. The quantitative estimate of drug-likeness (QED) is 0.542. The SMILES string of the molecule is N#CC1(c2ccccc2C(F)(F)F)CCN(C(=O)CN2CCN(c3cnccn3)CC2)CC1.O=C(O)C(=O)O. The number of hydrogen-bond donors (Lipinski definition) is 2. The van der Waals surface area contributed by atoms with Gasteiger partial charge in [0.05, 0.1) is 29.8 Å². The number of carboxylic acid groups (broad SMARTS) is 2. The van der Waals surface area contributed by atoms with Gasteiger partial charge < -0.3 is 20.0 Å². The molecule has 1 amide bonds. The summed E-state index contributed by atoms with van der Waals surface area (Å²) in [5.74, 6) is -2.89. The summed E-state index contributed by atoms with van der Waals surface area (Å²) in [4.78, 5) is 45.3. The van der Waals surface area contributed by atoms with Crippen molar-refractivity contribution in [2.75, 3.05) is 50.7 Å². The van der Waals surface area contributed by atoms with Crippen molar-refractivity contribution >= 4 is 23.7 Å². The van der Waals surface area contributed by atoms with Crippen LogP contribution in [0.2, 0.25) is 0 Å². The molecule has 2 N–H and O–H groups in total. The van der Waals surface area contributed by atoms with Crippen molar-refractivity contribution in [2.45, 2.75) is 24.4 Å². The van der Waals surface area contributed by atoms with E-state index < -0.39 is 29.1 Å². The number of halogens is 3. The largest absolute Gasteiger partial charge is 0.473 e. The van der Waals surface area contributed by atoms with Gasteiger partial charge in [0.1, 0.15) is 5.82 Å². The van der Waals surface area contributed by atoms with Gasteiger partial charge in [-0.3, -0.25) is 14.7 Å². The molecule has 1 aromatic carbocycles. The second kappa shape index (κ2) is 12.5. The molecule has 39 heavy (non-hydrogen) atoms. The average Bonchev–Trinajstić information content (AvgIpc) is 2.94. The second-order valence-electron chi connectivity index (χ2n) is 9.06. The Morgan fingerprint density at radius 3 is 2.10 bits per heavy atom. The minimum absolute atomic E-state index is 0.00670. The molecule has 0 unspecified atom stereocenters. The summed E-state index contributed by atoms with van der Waals surface area (Å²) in [5, 5.41) is 24.6. The third kappa shape index (κ3) is 7.41. The molecule has 11 nitrogen and oxygen atoms in total. The molecule has 0 atom stereocenters. The van der Waals surface area contributed by atoms with Gasteiger partial charge in [0.2, 0.25) is 5.91 Å². The van der Waals surface area contributed by atoms with Crippen LogP contribution in [0, 0.1) is 11.3 Å². The Labute approximate surface area is 222 Å². The van der Waals surface area contributed by atoms with Gasteiger partial charge in [-0.2, -0.15) is 18.4 Å². The minimum Gasteiger partial charge on any atom is -0.473 e. The highest BCUT2D eigenvalue weighted by Gasteiger charge is 2.44. The molecule has 14 heteroatoms. The molecule has 208 valence electrons. The molecule has 2 fully saturated rings. The molecule has 0 saturated carbocycles. The highest BCUT2D eigenvalue weighted by atomic mass is 19.4. The van der Waals surface area contributed by atoms with Gasteiger partial charge in [-0.25, -0.2) is 14.6 Å². The van der Waals surface area contributed by atoms with Gasteiger partial charge in [0, 0.05) is 51.7 Å². The summed E-state index contributed by atoms with van der Waals surface area (Å²) in [5.41, 5.74) is -2.01. The van der Waals surface area contributed by atoms with Crippen molar-refractivity contribution < 1.29 is 37.8 Å². The van der Waals surface area contributed by atoms with E-state index in [0.717, 1.165) is 25.0 Å². The fourth-order valence-electron chi connectivity index (χ4n) is 4.61. The first-order valence-corrected chi connectivity index (χ1v) is 12.0. The van der Waals surface area contributed by atoms with Gasteiger partial charge >= 0.3 is 18.1 Å². The lowest BCUT2D eigenvalue weighted by Crippen LogP contribution is -2.52. The Morgan fingerprint density at radius 2 is 1.59 bits per heavy atom. The summed E-state index contributed by atoms with van der Waals surface area (Å²) in [6.07, 6.45) is 0.828. The molecule has 2 aromatic rings. The van der Waals surface area contributed by atoms with E-state index in [2.05, 4.69) is 25.8 Å². The summed E-state index contributed by atoms with van der Waals surface area (Å²) >= 11 is 0. The number of nitrogens with zero attached hydrogens (tertiary/aromatic N) is 6. The molecular formula is C25H27F3N6O5. The number of nitriles is 1. The topological polar surface area (TPSA) is 151 Å². The predicted molar refractivity (Wildman–Crippen MR) is 131 cm³/mol. The van der Waals surface area contributed by atoms with E-state index in [9.17, 15) is 23.2 Å². The summed E-state index contributed by atoms with van der Waals surface area (Å²) < 4.78 is 40.6. The van der Waals surface area contributed by atoms with Crippen LogP contribution in [0.1, 0.15) is 24.0 Å². The zero-order chi connectivity index (χ0) is 28.6. The van der Waals surface area contributed by atoms with E-state index >= 15 is 0 Å². The third-order valence-electron chi connectivity index (χ3n) is 6.72. The first kappa shape index (κ1) is 29.3. The first-order chi connectivity index (χ1) is 18.5. The molecule has 1 aromatic heterocycles. The van der Waals surface area contributed by atoms with E-state index in [-0.39, 0.29) is 43.9 Å². The van der Waals surface area contributed by atoms with Crippen LogP contribution in [0.4, 0.5) is 19.0 Å². The van der Waals surface area contributed by atoms with E-state index in [1.165, 1.54) is 18.2 Å². The van der Waals surface area contributed by atoms with Crippen molar-refractivity contribution in [1.29, 1.82) is 5.26 Å². The Hall–Kier alpha value is -4.25. The summed E-state index contributed by atoms with van der Waals surface area (Å²) in [7, 11) is 0. The highest BCUT2D eigenvalue weighted by molar-refractivity contribution is 6.27. The number of piperazine rings is 1.